The van der Waals surface area contributed by atoms with E-state index in [2.05, 4.69) is 4.85 Å². The molecule has 3 nitrogen and oxygen atoms in total. The quantitative estimate of drug-likeness (QED) is 0.707. The summed E-state index contributed by atoms with van der Waals surface area (Å²) in [6, 6.07) is 5.54. The van der Waals surface area contributed by atoms with Crippen molar-refractivity contribution in [3.63, 3.8) is 0 Å². The van der Waals surface area contributed by atoms with E-state index in [9.17, 15) is 0 Å². The monoisotopic (exact) mass is 178 g/mol. The van der Waals surface area contributed by atoms with E-state index < -0.39 is 0 Å². The number of methoxy groups -OCH3 is 2. The van der Waals surface area contributed by atoms with Gasteiger partial charge in [0, 0.05) is 6.07 Å². The highest BCUT2D eigenvalue weighted by Gasteiger charge is 2.07. The van der Waals surface area contributed by atoms with E-state index >= 15 is 0 Å². The first-order valence-electron chi connectivity index (χ1n) is 3.89. The molecule has 68 valence electrons. The van der Waals surface area contributed by atoms with Crippen molar-refractivity contribution >= 4 is 0 Å². The molecular formula is C10H12NO2+. The van der Waals surface area contributed by atoms with E-state index in [0.29, 0.717) is 6.54 Å². The van der Waals surface area contributed by atoms with Crippen LogP contribution in [0.4, 0.5) is 0 Å². The van der Waals surface area contributed by atoms with E-state index in [1.54, 1.807) is 20.3 Å². The van der Waals surface area contributed by atoms with Crippen molar-refractivity contribution in [2.45, 2.75) is 6.54 Å². The average molecular weight is 178 g/mol. The Morgan fingerprint density at radius 1 is 1.31 bits per heavy atom. The van der Waals surface area contributed by atoms with Gasteiger partial charge in [-0.05, 0) is 12.1 Å². The molecule has 0 saturated carbocycles. The van der Waals surface area contributed by atoms with Crippen molar-refractivity contribution < 1.29 is 9.47 Å². The lowest BCUT2D eigenvalue weighted by Crippen LogP contribution is -1.91. The molecule has 0 amide bonds. The Hall–Kier alpha value is -1.69. The van der Waals surface area contributed by atoms with Gasteiger partial charge in [0.2, 0.25) is 0 Å². The van der Waals surface area contributed by atoms with Crippen LogP contribution >= 0.6 is 0 Å². The number of rotatable bonds is 3. The van der Waals surface area contributed by atoms with Crippen LogP contribution in [0, 0.1) is 6.57 Å². The fraction of sp³-hybridized carbons (Fsp3) is 0.300. The molecule has 0 heterocycles. The molecule has 0 atom stereocenters. The van der Waals surface area contributed by atoms with Crippen molar-refractivity contribution in [1.29, 1.82) is 0 Å². The normalized spacial score (nSPS) is 9.00. The molecule has 0 aliphatic rings. The number of nitrogens with zero attached hydrogens (tertiary/aromatic N) is 1. The molecular weight excluding hydrogens is 166 g/mol. The fourth-order valence-electron chi connectivity index (χ4n) is 1.08. The maximum atomic E-state index is 5.14. The molecule has 1 aromatic rings. The first-order valence-corrected chi connectivity index (χ1v) is 3.89. The van der Waals surface area contributed by atoms with E-state index in [1.165, 1.54) is 0 Å². The second kappa shape index (κ2) is 4.36. The first-order chi connectivity index (χ1) is 6.31. The summed E-state index contributed by atoms with van der Waals surface area (Å²) in [4.78, 5) is 3.55. The van der Waals surface area contributed by atoms with Gasteiger partial charge in [-0.25, -0.2) is 0 Å². The summed E-state index contributed by atoms with van der Waals surface area (Å²) in [5.41, 5.74) is 0.950. The molecule has 1 aromatic carbocycles. The second-order valence-corrected chi connectivity index (χ2v) is 2.52. The van der Waals surface area contributed by atoms with Gasteiger partial charge in [-0.3, -0.25) is 0 Å². The zero-order valence-electron chi connectivity index (χ0n) is 7.78. The Kier molecular flexibility index (Phi) is 3.15. The molecule has 0 N–H and O–H groups in total. The Bertz CT molecular complexity index is 328. The molecule has 0 aliphatic heterocycles. The summed E-state index contributed by atoms with van der Waals surface area (Å²) >= 11 is 0. The van der Waals surface area contributed by atoms with Crippen LogP contribution in [0.3, 0.4) is 0 Å². The zero-order valence-corrected chi connectivity index (χ0v) is 7.78. The van der Waals surface area contributed by atoms with E-state index in [-0.39, 0.29) is 0 Å². The van der Waals surface area contributed by atoms with Crippen molar-refractivity contribution in [3.8, 4) is 18.1 Å². The van der Waals surface area contributed by atoms with E-state index in [4.69, 9.17) is 16.0 Å². The highest BCUT2D eigenvalue weighted by atomic mass is 16.5. The van der Waals surface area contributed by atoms with Crippen LogP contribution in [-0.2, 0) is 6.54 Å². The summed E-state index contributed by atoms with van der Waals surface area (Å²) in [6.45, 7) is 5.54. The summed E-state index contributed by atoms with van der Waals surface area (Å²) in [5.74, 6) is 1.51. The van der Waals surface area contributed by atoms with Gasteiger partial charge in [-0.1, -0.05) is 4.85 Å². The van der Waals surface area contributed by atoms with Crippen LogP contribution in [0.25, 0.3) is 4.85 Å². The van der Waals surface area contributed by atoms with Crippen molar-refractivity contribution in [2.75, 3.05) is 14.2 Å². The Morgan fingerprint density at radius 2 is 2.08 bits per heavy atom. The maximum Gasteiger partial charge on any atom is 0.291 e. The highest BCUT2D eigenvalue weighted by molar-refractivity contribution is 5.41. The Labute approximate surface area is 77.7 Å². The molecule has 0 radical (unpaired) electrons. The fourth-order valence-corrected chi connectivity index (χ4v) is 1.08. The molecule has 0 unspecified atom stereocenters. The van der Waals surface area contributed by atoms with Crippen molar-refractivity contribution in [3.05, 3.63) is 28.6 Å². The van der Waals surface area contributed by atoms with Gasteiger partial charge in [-0.2, -0.15) is 0 Å². The van der Waals surface area contributed by atoms with Crippen LogP contribution in [0.5, 0.6) is 11.5 Å². The maximum absolute atomic E-state index is 5.14. The molecule has 0 aromatic heterocycles. The summed E-state index contributed by atoms with van der Waals surface area (Å²) in [6.07, 6.45) is 0. The van der Waals surface area contributed by atoms with Crippen LogP contribution in [0.2, 0.25) is 0 Å². The van der Waals surface area contributed by atoms with Crippen LogP contribution in [-0.4, -0.2) is 14.2 Å². The standard InChI is InChI=1S/C10H12NO2/c1-11-7-8-4-5-9(12-2)6-10(8)13-3/h1,4-6H,7H2,2-3H3/q+1. The van der Waals surface area contributed by atoms with Gasteiger partial charge < -0.3 is 9.47 Å². The van der Waals surface area contributed by atoms with E-state index in [1.807, 2.05) is 12.1 Å². The molecule has 0 bridgehead atoms. The zero-order chi connectivity index (χ0) is 9.68. The topological polar surface area (TPSA) is 22.8 Å². The SMILES string of the molecule is C#[N+]Cc1ccc(OC)cc1OC. The minimum Gasteiger partial charge on any atom is -0.497 e. The Morgan fingerprint density at radius 3 is 2.62 bits per heavy atom. The molecule has 0 aliphatic carbocycles. The molecule has 0 fully saturated rings. The second-order valence-electron chi connectivity index (χ2n) is 2.52. The third kappa shape index (κ3) is 2.12. The smallest absolute Gasteiger partial charge is 0.291 e. The largest absolute Gasteiger partial charge is 0.497 e. The van der Waals surface area contributed by atoms with Crippen LogP contribution in [0.15, 0.2) is 18.2 Å². The number of ether oxygens (including phenoxy) is 2. The van der Waals surface area contributed by atoms with Gasteiger partial charge in [0.05, 0.1) is 19.8 Å². The average Bonchev–Trinajstić information content (AvgIpc) is 2.19. The van der Waals surface area contributed by atoms with Crippen molar-refractivity contribution in [1.82, 2.24) is 0 Å². The molecule has 0 spiro atoms. The van der Waals surface area contributed by atoms with Gasteiger partial charge in [0.15, 0.2) is 0 Å². The predicted octanol–water partition coefficient (Wildman–Crippen LogP) is 2.17. The Balaban J connectivity index is 3.02. The summed E-state index contributed by atoms with van der Waals surface area (Å²) in [7, 11) is 3.22. The van der Waals surface area contributed by atoms with E-state index in [0.717, 1.165) is 17.1 Å². The van der Waals surface area contributed by atoms with Gasteiger partial charge >= 0.3 is 0 Å². The summed E-state index contributed by atoms with van der Waals surface area (Å²) < 4.78 is 10.2. The molecule has 0 saturated heterocycles. The van der Waals surface area contributed by atoms with Gasteiger partial charge in [-0.15, -0.1) is 0 Å². The number of hydrogen-bond donors (Lipinski definition) is 0. The molecule has 3 heteroatoms. The lowest BCUT2D eigenvalue weighted by atomic mass is 10.2. The predicted molar refractivity (Wildman–Crippen MR) is 51.6 cm³/mol. The third-order valence-corrected chi connectivity index (χ3v) is 1.76. The van der Waals surface area contributed by atoms with Gasteiger partial charge in [0.25, 0.3) is 13.1 Å². The lowest BCUT2D eigenvalue weighted by Gasteiger charge is -2.05. The summed E-state index contributed by atoms with van der Waals surface area (Å²) in [5, 5.41) is 0. The van der Waals surface area contributed by atoms with Crippen LogP contribution in [0.1, 0.15) is 5.56 Å². The number of benzene rings is 1. The van der Waals surface area contributed by atoms with Gasteiger partial charge in [0.1, 0.15) is 11.5 Å². The van der Waals surface area contributed by atoms with Crippen LogP contribution < -0.4 is 9.47 Å². The van der Waals surface area contributed by atoms with Crippen molar-refractivity contribution in [2.24, 2.45) is 0 Å². The highest BCUT2D eigenvalue weighted by Crippen LogP contribution is 2.24. The molecule has 13 heavy (non-hydrogen) atoms. The first kappa shape index (κ1) is 9.40. The lowest BCUT2D eigenvalue weighted by molar-refractivity contribution is 0.391. The number of hydrogen-bond acceptors (Lipinski definition) is 2. The minimum absolute atomic E-state index is 0.452. The molecule has 1 rings (SSSR count). The third-order valence-electron chi connectivity index (χ3n) is 1.76. The minimum atomic E-state index is 0.452.